The van der Waals surface area contributed by atoms with Crippen LogP contribution in [0, 0.1) is 0 Å². The lowest BCUT2D eigenvalue weighted by Gasteiger charge is -2.16. The van der Waals surface area contributed by atoms with Crippen LogP contribution in [0.4, 0.5) is 0 Å². The maximum atomic E-state index is 12.1. The van der Waals surface area contributed by atoms with Crippen molar-refractivity contribution < 1.29 is 23.1 Å². The van der Waals surface area contributed by atoms with E-state index in [1.807, 2.05) is 0 Å². The number of carbonyl (C=O) groups is 1. The van der Waals surface area contributed by atoms with Crippen LogP contribution in [-0.2, 0) is 26.0 Å². The first kappa shape index (κ1) is 15.6. The molecule has 0 radical (unpaired) electrons. The van der Waals surface area contributed by atoms with Gasteiger partial charge in [0.15, 0.2) is 0 Å². The van der Waals surface area contributed by atoms with Crippen molar-refractivity contribution in [3.63, 3.8) is 0 Å². The first-order valence-corrected chi connectivity index (χ1v) is 7.08. The molecule has 0 saturated carbocycles. The van der Waals surface area contributed by atoms with E-state index in [2.05, 4.69) is 0 Å². The summed E-state index contributed by atoms with van der Waals surface area (Å²) in [5.41, 5.74) is 0.561. The number of aliphatic carboxylic acids is 1. The number of benzene rings is 1. The zero-order valence-electron chi connectivity index (χ0n) is 10.9. The second kappa shape index (κ2) is 6.65. The predicted octanol–water partition coefficient (Wildman–Crippen LogP) is 0.581. The first-order chi connectivity index (χ1) is 8.87. The van der Waals surface area contributed by atoms with Crippen molar-refractivity contribution in [2.75, 3.05) is 27.3 Å². The third kappa shape index (κ3) is 4.30. The van der Waals surface area contributed by atoms with Crippen LogP contribution in [0.1, 0.15) is 5.56 Å². The largest absolute Gasteiger partial charge is 0.481 e. The van der Waals surface area contributed by atoms with Crippen LogP contribution in [0.2, 0.25) is 0 Å². The molecule has 0 unspecified atom stereocenters. The number of hydrogen-bond acceptors (Lipinski definition) is 4. The highest BCUT2D eigenvalue weighted by molar-refractivity contribution is 7.89. The van der Waals surface area contributed by atoms with Gasteiger partial charge in [0.05, 0.1) is 17.9 Å². The molecule has 0 amide bonds. The monoisotopic (exact) mass is 287 g/mol. The molecule has 0 aliphatic rings. The van der Waals surface area contributed by atoms with Crippen molar-refractivity contribution in [1.29, 1.82) is 0 Å². The highest BCUT2D eigenvalue weighted by Gasteiger charge is 2.20. The summed E-state index contributed by atoms with van der Waals surface area (Å²) in [6, 6.07) is 5.84. The van der Waals surface area contributed by atoms with Crippen molar-refractivity contribution in [3.8, 4) is 0 Å². The van der Waals surface area contributed by atoms with Crippen molar-refractivity contribution in [1.82, 2.24) is 4.31 Å². The summed E-state index contributed by atoms with van der Waals surface area (Å²) in [5, 5.41) is 8.64. The molecule has 7 heteroatoms. The second-order valence-corrected chi connectivity index (χ2v) is 6.08. The number of rotatable bonds is 7. The first-order valence-electron chi connectivity index (χ1n) is 5.64. The molecule has 106 valence electrons. The van der Waals surface area contributed by atoms with Crippen LogP contribution in [0.25, 0.3) is 0 Å². The minimum absolute atomic E-state index is 0.125. The van der Waals surface area contributed by atoms with Gasteiger partial charge in [0, 0.05) is 20.7 Å². The lowest BCUT2D eigenvalue weighted by molar-refractivity contribution is -0.136. The van der Waals surface area contributed by atoms with Gasteiger partial charge in [-0.1, -0.05) is 12.1 Å². The van der Waals surface area contributed by atoms with E-state index in [-0.39, 0.29) is 17.9 Å². The van der Waals surface area contributed by atoms with Crippen LogP contribution in [0.15, 0.2) is 29.2 Å². The SMILES string of the molecule is COCCN(C)S(=O)(=O)c1ccc(CC(=O)O)cc1. The van der Waals surface area contributed by atoms with E-state index >= 15 is 0 Å². The molecule has 1 aromatic rings. The summed E-state index contributed by atoms with van der Waals surface area (Å²) in [7, 11) is -0.578. The maximum absolute atomic E-state index is 12.1. The minimum atomic E-state index is -3.55. The minimum Gasteiger partial charge on any atom is -0.481 e. The standard InChI is InChI=1S/C12H17NO5S/c1-13(7-8-18-2)19(16,17)11-5-3-10(4-6-11)9-12(14)15/h3-6H,7-9H2,1-2H3,(H,14,15). The molecule has 1 aromatic carbocycles. The van der Waals surface area contributed by atoms with Crippen LogP contribution in [-0.4, -0.2) is 51.1 Å². The molecule has 19 heavy (non-hydrogen) atoms. The molecule has 0 aliphatic heterocycles. The molecule has 6 nitrogen and oxygen atoms in total. The van der Waals surface area contributed by atoms with Crippen molar-refractivity contribution in [3.05, 3.63) is 29.8 Å². The van der Waals surface area contributed by atoms with Gasteiger partial charge in [0.25, 0.3) is 0 Å². The van der Waals surface area contributed by atoms with Gasteiger partial charge in [0.1, 0.15) is 0 Å². The summed E-state index contributed by atoms with van der Waals surface area (Å²) in [5.74, 6) is -0.951. The number of methoxy groups -OCH3 is 1. The highest BCUT2D eigenvalue weighted by atomic mass is 32.2. The third-order valence-corrected chi connectivity index (χ3v) is 4.47. The van der Waals surface area contributed by atoms with Crippen LogP contribution >= 0.6 is 0 Å². The molecule has 0 fully saturated rings. The van der Waals surface area contributed by atoms with Gasteiger partial charge in [-0.2, -0.15) is 4.31 Å². The Morgan fingerprint density at radius 1 is 1.32 bits per heavy atom. The zero-order valence-corrected chi connectivity index (χ0v) is 11.7. The smallest absolute Gasteiger partial charge is 0.307 e. The molecular formula is C12H17NO5S. The molecule has 0 heterocycles. The van der Waals surface area contributed by atoms with Gasteiger partial charge >= 0.3 is 5.97 Å². The average Bonchev–Trinajstić information content (AvgIpc) is 2.35. The summed E-state index contributed by atoms with van der Waals surface area (Å²) in [6.45, 7) is 0.572. The summed E-state index contributed by atoms with van der Waals surface area (Å²) < 4.78 is 30.3. The Kier molecular flexibility index (Phi) is 5.46. The Labute approximate surface area is 112 Å². The molecule has 0 atom stereocenters. The van der Waals surface area contributed by atoms with Gasteiger partial charge in [-0.05, 0) is 17.7 Å². The normalized spacial score (nSPS) is 11.7. The van der Waals surface area contributed by atoms with E-state index in [1.54, 1.807) is 0 Å². The Morgan fingerprint density at radius 2 is 1.89 bits per heavy atom. The quantitative estimate of drug-likeness (QED) is 0.793. The van der Waals surface area contributed by atoms with E-state index in [0.717, 1.165) is 0 Å². The fourth-order valence-electron chi connectivity index (χ4n) is 1.47. The van der Waals surface area contributed by atoms with Gasteiger partial charge < -0.3 is 9.84 Å². The summed E-state index contributed by atoms with van der Waals surface area (Å²) >= 11 is 0. The molecular weight excluding hydrogens is 270 g/mol. The number of nitrogens with zero attached hydrogens (tertiary/aromatic N) is 1. The number of carboxylic acids is 1. The number of carboxylic acid groups (broad SMARTS) is 1. The number of hydrogen-bond donors (Lipinski definition) is 1. The number of likely N-dealkylation sites (N-methyl/N-ethyl adjacent to an activating group) is 1. The Morgan fingerprint density at radius 3 is 2.37 bits per heavy atom. The van der Waals surface area contributed by atoms with E-state index in [9.17, 15) is 13.2 Å². The summed E-state index contributed by atoms with van der Waals surface area (Å²) in [4.78, 5) is 10.7. The lowest BCUT2D eigenvalue weighted by Crippen LogP contribution is -2.30. The molecule has 1 rings (SSSR count). The van der Waals surface area contributed by atoms with E-state index in [4.69, 9.17) is 9.84 Å². The average molecular weight is 287 g/mol. The molecule has 0 saturated heterocycles. The topological polar surface area (TPSA) is 83.9 Å². The molecule has 0 aliphatic carbocycles. The fourth-order valence-corrected chi connectivity index (χ4v) is 2.63. The fraction of sp³-hybridized carbons (Fsp3) is 0.417. The van der Waals surface area contributed by atoms with E-state index in [1.165, 1.54) is 42.7 Å². The Balaban J connectivity index is 2.87. The Bertz CT molecular complexity index is 524. The lowest BCUT2D eigenvalue weighted by atomic mass is 10.2. The van der Waals surface area contributed by atoms with Crippen LogP contribution < -0.4 is 0 Å². The van der Waals surface area contributed by atoms with E-state index in [0.29, 0.717) is 12.2 Å². The number of ether oxygens (including phenoxy) is 1. The second-order valence-electron chi connectivity index (χ2n) is 4.03. The predicted molar refractivity (Wildman–Crippen MR) is 69.5 cm³/mol. The third-order valence-electron chi connectivity index (χ3n) is 2.60. The maximum Gasteiger partial charge on any atom is 0.307 e. The van der Waals surface area contributed by atoms with E-state index < -0.39 is 16.0 Å². The highest BCUT2D eigenvalue weighted by Crippen LogP contribution is 2.15. The summed E-state index contributed by atoms with van der Waals surface area (Å²) in [6.07, 6.45) is -0.125. The molecule has 0 spiro atoms. The zero-order chi connectivity index (χ0) is 14.5. The van der Waals surface area contributed by atoms with Crippen LogP contribution in [0.5, 0.6) is 0 Å². The number of sulfonamides is 1. The van der Waals surface area contributed by atoms with Gasteiger partial charge in [-0.25, -0.2) is 8.42 Å². The molecule has 1 N–H and O–H groups in total. The molecule has 0 bridgehead atoms. The Hall–Kier alpha value is -1.44. The van der Waals surface area contributed by atoms with Crippen LogP contribution in [0.3, 0.4) is 0 Å². The molecule has 0 aromatic heterocycles. The van der Waals surface area contributed by atoms with Gasteiger partial charge in [-0.3, -0.25) is 4.79 Å². The van der Waals surface area contributed by atoms with Crippen molar-refractivity contribution in [2.45, 2.75) is 11.3 Å². The van der Waals surface area contributed by atoms with Crippen molar-refractivity contribution in [2.24, 2.45) is 0 Å². The van der Waals surface area contributed by atoms with Crippen molar-refractivity contribution >= 4 is 16.0 Å². The van der Waals surface area contributed by atoms with Gasteiger partial charge in [-0.15, -0.1) is 0 Å². The van der Waals surface area contributed by atoms with Gasteiger partial charge in [0.2, 0.25) is 10.0 Å².